The van der Waals surface area contributed by atoms with Crippen molar-refractivity contribution in [3.05, 3.63) is 53.6 Å². The highest BCUT2D eigenvalue weighted by atomic mass is 16.7. The summed E-state index contributed by atoms with van der Waals surface area (Å²) >= 11 is 0. The Kier molecular flexibility index (Phi) is 6.62. The quantitative estimate of drug-likeness (QED) is 0.677. The Bertz CT molecular complexity index is 1010. The van der Waals surface area contributed by atoms with Gasteiger partial charge in [0.1, 0.15) is 5.75 Å². The minimum absolute atomic E-state index is 0.146. The molecule has 0 aromatic heterocycles. The third kappa shape index (κ3) is 4.42. The molecule has 8 heteroatoms. The van der Waals surface area contributed by atoms with E-state index in [0.717, 1.165) is 24.0 Å². The van der Waals surface area contributed by atoms with Crippen molar-refractivity contribution in [2.24, 2.45) is 5.92 Å². The number of urea groups is 1. The van der Waals surface area contributed by atoms with E-state index in [1.165, 1.54) is 0 Å². The van der Waals surface area contributed by atoms with E-state index in [0.29, 0.717) is 30.3 Å². The number of fused-ring (bicyclic) bond motifs is 1. The number of carboxylic acid groups (broad SMARTS) is 1. The van der Waals surface area contributed by atoms with Crippen molar-refractivity contribution in [3.8, 4) is 17.2 Å². The zero-order chi connectivity index (χ0) is 23.5. The fourth-order valence-electron chi connectivity index (χ4n) is 4.71. The van der Waals surface area contributed by atoms with Crippen molar-refractivity contribution in [3.63, 3.8) is 0 Å². The van der Waals surface area contributed by atoms with Crippen LogP contribution in [0.1, 0.15) is 42.9 Å². The number of benzene rings is 2. The molecule has 0 spiro atoms. The van der Waals surface area contributed by atoms with Crippen LogP contribution in [0.4, 0.5) is 4.79 Å². The Morgan fingerprint density at radius 2 is 1.82 bits per heavy atom. The minimum atomic E-state index is -0.940. The summed E-state index contributed by atoms with van der Waals surface area (Å²) in [6, 6.07) is 12.0. The first kappa shape index (κ1) is 22.8. The maximum Gasteiger partial charge on any atom is 0.320 e. The van der Waals surface area contributed by atoms with Crippen molar-refractivity contribution >= 4 is 12.0 Å². The van der Waals surface area contributed by atoms with Crippen molar-refractivity contribution in [1.82, 2.24) is 9.80 Å². The number of aliphatic carboxylic acids is 1. The zero-order valence-corrected chi connectivity index (χ0v) is 19.2. The van der Waals surface area contributed by atoms with Crippen LogP contribution in [0.5, 0.6) is 17.2 Å². The molecule has 2 aromatic carbocycles. The van der Waals surface area contributed by atoms with Crippen molar-refractivity contribution < 1.29 is 28.9 Å². The van der Waals surface area contributed by atoms with Gasteiger partial charge in [-0.3, -0.25) is 4.79 Å². The van der Waals surface area contributed by atoms with Gasteiger partial charge in [-0.2, -0.15) is 0 Å². The van der Waals surface area contributed by atoms with Gasteiger partial charge in [-0.05, 0) is 41.8 Å². The molecule has 2 aliphatic rings. The van der Waals surface area contributed by atoms with Crippen LogP contribution in [0.2, 0.25) is 0 Å². The number of nitrogens with zero attached hydrogens (tertiary/aromatic N) is 2. The number of hydrogen-bond donors (Lipinski definition) is 1. The number of carboxylic acids is 1. The highest BCUT2D eigenvalue weighted by Crippen LogP contribution is 2.48. The number of likely N-dealkylation sites (tertiary alicyclic amines) is 1. The molecule has 0 saturated carbocycles. The largest absolute Gasteiger partial charge is 0.497 e. The second-order valence-corrected chi connectivity index (χ2v) is 8.51. The molecule has 33 heavy (non-hydrogen) atoms. The molecule has 1 N–H and O–H groups in total. The van der Waals surface area contributed by atoms with Gasteiger partial charge in [0, 0.05) is 26.1 Å². The number of carbonyl (C=O) groups excluding carboxylic acids is 1. The van der Waals surface area contributed by atoms with Gasteiger partial charge in [-0.25, -0.2) is 4.79 Å². The molecule has 0 unspecified atom stereocenters. The maximum atomic E-state index is 13.5. The summed E-state index contributed by atoms with van der Waals surface area (Å²) in [5.41, 5.74) is 1.58. The van der Waals surface area contributed by atoms with Crippen molar-refractivity contribution in [1.29, 1.82) is 0 Å². The number of amides is 2. The van der Waals surface area contributed by atoms with E-state index in [4.69, 9.17) is 14.2 Å². The normalized spacial score (nSPS) is 21.2. The summed E-state index contributed by atoms with van der Waals surface area (Å²) in [5.74, 6) is -0.237. The maximum absolute atomic E-state index is 13.5. The molecule has 0 aliphatic carbocycles. The van der Waals surface area contributed by atoms with Crippen LogP contribution in [0.3, 0.4) is 0 Å². The average molecular weight is 455 g/mol. The van der Waals surface area contributed by atoms with Gasteiger partial charge in [0.2, 0.25) is 6.79 Å². The molecule has 176 valence electrons. The molecule has 1 fully saturated rings. The van der Waals surface area contributed by atoms with E-state index in [2.05, 4.69) is 6.92 Å². The molecule has 3 atom stereocenters. The van der Waals surface area contributed by atoms with Gasteiger partial charge < -0.3 is 29.1 Å². The summed E-state index contributed by atoms with van der Waals surface area (Å²) < 4.78 is 16.2. The highest BCUT2D eigenvalue weighted by molar-refractivity contribution is 5.80. The van der Waals surface area contributed by atoms with Crippen LogP contribution < -0.4 is 14.2 Å². The molecule has 2 amide bonds. The van der Waals surface area contributed by atoms with Gasteiger partial charge in [0.05, 0.1) is 19.1 Å². The standard InChI is InChI=1S/C25H30N2O6/c1-4-5-12-26(2)25(30)27-14-19(17-8-11-20-21(13-17)33-15-32-20)22(24(28)29)23(27)16-6-9-18(31-3)10-7-16/h6-11,13,19,22-23H,4-5,12,14-15H2,1-3H3,(H,28,29)/t19-,22+,23-/m1/s1. The second-order valence-electron chi connectivity index (χ2n) is 8.51. The van der Waals surface area contributed by atoms with Gasteiger partial charge in [-0.15, -0.1) is 0 Å². The van der Waals surface area contributed by atoms with Gasteiger partial charge in [0.15, 0.2) is 11.5 Å². The number of rotatable bonds is 7. The monoisotopic (exact) mass is 454 g/mol. The molecule has 0 radical (unpaired) electrons. The fourth-order valence-corrected chi connectivity index (χ4v) is 4.71. The van der Waals surface area contributed by atoms with Crippen LogP contribution in [0, 0.1) is 5.92 Å². The van der Waals surface area contributed by atoms with Crippen LogP contribution in [-0.2, 0) is 4.79 Å². The van der Waals surface area contributed by atoms with E-state index < -0.39 is 23.8 Å². The van der Waals surface area contributed by atoms with Gasteiger partial charge >= 0.3 is 12.0 Å². The first-order valence-electron chi connectivity index (χ1n) is 11.2. The summed E-state index contributed by atoms with van der Waals surface area (Å²) in [4.78, 5) is 29.5. The third-order valence-electron chi connectivity index (χ3n) is 6.49. The Morgan fingerprint density at radius 1 is 1.12 bits per heavy atom. The van der Waals surface area contributed by atoms with Crippen LogP contribution >= 0.6 is 0 Å². The van der Waals surface area contributed by atoms with Gasteiger partial charge in [-0.1, -0.05) is 31.5 Å². The summed E-state index contributed by atoms with van der Waals surface area (Å²) in [6.45, 7) is 3.13. The summed E-state index contributed by atoms with van der Waals surface area (Å²) in [6.07, 6.45) is 1.86. The topological polar surface area (TPSA) is 88.5 Å². The van der Waals surface area contributed by atoms with Crippen molar-refractivity contribution in [2.75, 3.05) is 34.0 Å². The average Bonchev–Trinajstić information content (AvgIpc) is 3.46. The number of methoxy groups -OCH3 is 1. The van der Waals surface area contributed by atoms with E-state index >= 15 is 0 Å². The van der Waals surface area contributed by atoms with Crippen LogP contribution in [-0.4, -0.2) is 60.9 Å². The number of unbranched alkanes of at least 4 members (excludes halogenated alkanes) is 1. The predicted molar refractivity (Wildman–Crippen MR) is 122 cm³/mol. The molecular formula is C25H30N2O6. The van der Waals surface area contributed by atoms with Crippen LogP contribution in [0.25, 0.3) is 0 Å². The predicted octanol–water partition coefficient (Wildman–Crippen LogP) is 4.12. The molecule has 1 saturated heterocycles. The molecule has 2 heterocycles. The van der Waals surface area contributed by atoms with Crippen LogP contribution in [0.15, 0.2) is 42.5 Å². The fraction of sp³-hybridized carbons (Fsp3) is 0.440. The lowest BCUT2D eigenvalue weighted by Crippen LogP contribution is -2.42. The lowest BCUT2D eigenvalue weighted by Gasteiger charge is -2.31. The molecule has 0 bridgehead atoms. The molecular weight excluding hydrogens is 424 g/mol. The number of hydrogen-bond acceptors (Lipinski definition) is 5. The summed E-state index contributed by atoms with van der Waals surface area (Å²) in [7, 11) is 3.35. The lowest BCUT2D eigenvalue weighted by molar-refractivity contribution is -0.143. The first-order valence-corrected chi connectivity index (χ1v) is 11.2. The van der Waals surface area contributed by atoms with E-state index in [1.807, 2.05) is 24.3 Å². The smallest absolute Gasteiger partial charge is 0.320 e. The minimum Gasteiger partial charge on any atom is -0.497 e. The molecule has 4 rings (SSSR count). The second kappa shape index (κ2) is 9.60. The Morgan fingerprint density at radius 3 is 2.48 bits per heavy atom. The molecule has 8 nitrogen and oxygen atoms in total. The molecule has 2 aliphatic heterocycles. The zero-order valence-electron chi connectivity index (χ0n) is 19.2. The van der Waals surface area contributed by atoms with Crippen molar-refractivity contribution in [2.45, 2.75) is 31.7 Å². The Hall–Kier alpha value is -3.42. The molecule has 2 aromatic rings. The number of ether oxygens (including phenoxy) is 3. The lowest BCUT2D eigenvalue weighted by atomic mass is 9.83. The Labute approximate surface area is 193 Å². The SMILES string of the molecule is CCCCN(C)C(=O)N1C[C@H](c2ccc3c(c2)OCO3)[C@H](C(=O)O)[C@H]1c1ccc(OC)cc1. The van der Waals surface area contributed by atoms with E-state index in [1.54, 1.807) is 42.2 Å². The Balaban J connectivity index is 1.74. The summed E-state index contributed by atoms with van der Waals surface area (Å²) in [5, 5.41) is 10.3. The van der Waals surface area contributed by atoms with E-state index in [9.17, 15) is 14.7 Å². The number of carbonyl (C=O) groups is 2. The van der Waals surface area contributed by atoms with Gasteiger partial charge in [0.25, 0.3) is 0 Å². The highest BCUT2D eigenvalue weighted by Gasteiger charge is 2.50. The third-order valence-corrected chi connectivity index (χ3v) is 6.49. The first-order chi connectivity index (χ1) is 15.9. The van der Waals surface area contributed by atoms with E-state index in [-0.39, 0.29) is 12.8 Å².